The van der Waals surface area contributed by atoms with Crippen LogP contribution in [0.2, 0.25) is 0 Å². The molecule has 11 heteroatoms. The van der Waals surface area contributed by atoms with Crippen LogP contribution >= 0.6 is 0 Å². The van der Waals surface area contributed by atoms with E-state index in [1.165, 1.54) is 0 Å². The third-order valence-corrected chi connectivity index (χ3v) is 7.10. The van der Waals surface area contributed by atoms with E-state index in [1.807, 2.05) is 20.8 Å². The molecule has 0 spiro atoms. The fourth-order valence-electron chi connectivity index (χ4n) is 3.77. The van der Waals surface area contributed by atoms with Gasteiger partial charge in [0.05, 0.1) is 18.4 Å². The van der Waals surface area contributed by atoms with E-state index in [9.17, 15) is 27.6 Å². The van der Waals surface area contributed by atoms with E-state index in [2.05, 4.69) is 16.0 Å². The highest BCUT2D eigenvalue weighted by Gasteiger charge is 2.50. The number of ketones is 1. The van der Waals surface area contributed by atoms with E-state index in [4.69, 9.17) is 4.74 Å². The van der Waals surface area contributed by atoms with Gasteiger partial charge < -0.3 is 20.7 Å². The second-order valence-corrected chi connectivity index (χ2v) is 13.1. The SMILES string of the molecule is CCCCCC(=O)NC(C(=O)NC(CCS(C)(=O)=O)C(=O)NC(CC(C)C)C(=O)C1(C)CO1)C(C)C. The van der Waals surface area contributed by atoms with Gasteiger partial charge in [0.25, 0.3) is 0 Å². The number of rotatable bonds is 17. The van der Waals surface area contributed by atoms with Gasteiger partial charge in [-0.3, -0.25) is 19.2 Å². The molecule has 1 fully saturated rings. The molecular weight excluding hydrogens is 486 g/mol. The number of nitrogens with one attached hydrogen (secondary N) is 3. The molecule has 4 atom stereocenters. The third kappa shape index (κ3) is 11.4. The molecule has 0 bridgehead atoms. The number of carbonyl (C=O) groups is 4. The molecule has 0 aliphatic carbocycles. The maximum atomic E-state index is 13.2. The Morgan fingerprint density at radius 2 is 1.53 bits per heavy atom. The van der Waals surface area contributed by atoms with Crippen molar-refractivity contribution in [2.24, 2.45) is 11.8 Å². The highest BCUT2D eigenvalue weighted by atomic mass is 32.2. The maximum absolute atomic E-state index is 13.2. The standard InChI is InChI=1S/C25H45N3O7S/c1-8-9-10-11-20(29)28-21(17(4)5)24(32)26-18(12-13-36(7,33)34)23(31)27-19(14-16(2)3)22(30)25(6)15-35-25/h16-19,21H,8-15H2,1-7H3,(H,26,32)(H,27,31)(H,28,29). The highest BCUT2D eigenvalue weighted by Crippen LogP contribution is 2.29. The second-order valence-electron chi connectivity index (χ2n) is 10.8. The van der Waals surface area contributed by atoms with Gasteiger partial charge in [0.2, 0.25) is 17.7 Å². The van der Waals surface area contributed by atoms with E-state index >= 15 is 0 Å². The maximum Gasteiger partial charge on any atom is 0.243 e. The molecule has 0 aromatic heterocycles. The van der Waals surface area contributed by atoms with Crippen molar-refractivity contribution in [2.45, 2.75) is 104 Å². The Bertz CT molecular complexity index is 882. The Morgan fingerprint density at radius 3 is 2.00 bits per heavy atom. The van der Waals surface area contributed by atoms with Crippen LogP contribution < -0.4 is 16.0 Å². The zero-order valence-electron chi connectivity index (χ0n) is 22.8. The first-order valence-corrected chi connectivity index (χ1v) is 14.9. The fraction of sp³-hybridized carbons (Fsp3) is 0.840. The molecule has 1 aliphatic heterocycles. The van der Waals surface area contributed by atoms with Crippen molar-refractivity contribution in [2.75, 3.05) is 18.6 Å². The van der Waals surface area contributed by atoms with Crippen molar-refractivity contribution >= 4 is 33.3 Å². The molecule has 36 heavy (non-hydrogen) atoms. The number of hydrogen-bond acceptors (Lipinski definition) is 7. The number of epoxide rings is 1. The van der Waals surface area contributed by atoms with Gasteiger partial charge in [-0.2, -0.15) is 0 Å². The molecule has 0 aromatic rings. The lowest BCUT2D eigenvalue weighted by molar-refractivity contribution is -0.135. The normalized spacial score (nSPS) is 19.9. The van der Waals surface area contributed by atoms with Crippen LogP contribution in [-0.2, 0) is 33.8 Å². The van der Waals surface area contributed by atoms with Crippen molar-refractivity contribution in [3.8, 4) is 0 Å². The van der Waals surface area contributed by atoms with E-state index in [0.29, 0.717) is 19.3 Å². The summed E-state index contributed by atoms with van der Waals surface area (Å²) in [5, 5.41) is 8.07. The minimum absolute atomic E-state index is 0.0962. The van der Waals surface area contributed by atoms with Gasteiger partial charge in [0, 0.05) is 12.7 Å². The monoisotopic (exact) mass is 531 g/mol. The smallest absolute Gasteiger partial charge is 0.243 e. The number of amides is 3. The molecule has 1 heterocycles. The lowest BCUT2D eigenvalue weighted by atomic mass is 9.93. The first-order valence-electron chi connectivity index (χ1n) is 12.9. The van der Waals surface area contributed by atoms with Gasteiger partial charge >= 0.3 is 0 Å². The van der Waals surface area contributed by atoms with Gasteiger partial charge in [-0.05, 0) is 38.0 Å². The predicted octanol–water partition coefficient (Wildman–Crippen LogP) is 1.52. The van der Waals surface area contributed by atoms with Gasteiger partial charge in [-0.1, -0.05) is 47.5 Å². The number of ether oxygens (including phenoxy) is 1. The van der Waals surface area contributed by atoms with Crippen molar-refractivity contribution in [1.82, 2.24) is 16.0 Å². The van der Waals surface area contributed by atoms with Gasteiger partial charge in [-0.25, -0.2) is 8.42 Å². The molecule has 0 radical (unpaired) electrons. The molecule has 4 unspecified atom stereocenters. The Labute approximate surface area is 216 Å². The van der Waals surface area contributed by atoms with E-state index in [-0.39, 0.29) is 42.3 Å². The van der Waals surface area contributed by atoms with Crippen molar-refractivity contribution in [1.29, 1.82) is 0 Å². The van der Waals surface area contributed by atoms with Crippen molar-refractivity contribution < 1.29 is 32.3 Å². The molecule has 1 saturated heterocycles. The van der Waals surface area contributed by atoms with Gasteiger partial charge in [0.15, 0.2) is 5.78 Å². The third-order valence-electron chi connectivity index (χ3n) is 6.12. The molecule has 0 aromatic carbocycles. The van der Waals surface area contributed by atoms with Crippen LogP contribution in [0.25, 0.3) is 0 Å². The van der Waals surface area contributed by atoms with Crippen molar-refractivity contribution in [3.63, 3.8) is 0 Å². The number of unbranched alkanes of at least 4 members (excludes halogenated alkanes) is 2. The summed E-state index contributed by atoms with van der Waals surface area (Å²) in [5.74, 6) is -2.23. The minimum atomic E-state index is -3.42. The Balaban J connectivity index is 3.02. The predicted molar refractivity (Wildman–Crippen MR) is 138 cm³/mol. The first-order chi connectivity index (χ1) is 16.6. The molecule has 3 N–H and O–H groups in total. The van der Waals surface area contributed by atoms with Gasteiger partial charge in [-0.15, -0.1) is 0 Å². The number of hydrogen-bond donors (Lipinski definition) is 3. The Morgan fingerprint density at radius 1 is 0.944 bits per heavy atom. The summed E-state index contributed by atoms with van der Waals surface area (Å²) >= 11 is 0. The van der Waals surface area contributed by atoms with Gasteiger partial charge in [0.1, 0.15) is 27.5 Å². The van der Waals surface area contributed by atoms with Crippen LogP contribution in [0.5, 0.6) is 0 Å². The summed E-state index contributed by atoms with van der Waals surface area (Å²) < 4.78 is 28.9. The summed E-state index contributed by atoms with van der Waals surface area (Å²) in [5.41, 5.74) is -0.941. The van der Waals surface area contributed by atoms with E-state index in [1.54, 1.807) is 20.8 Å². The van der Waals surface area contributed by atoms with E-state index in [0.717, 1.165) is 19.1 Å². The highest BCUT2D eigenvalue weighted by molar-refractivity contribution is 7.90. The first kappa shape index (κ1) is 32.0. The Hall–Kier alpha value is -2.01. The molecule has 208 valence electrons. The average Bonchev–Trinajstić information content (AvgIpc) is 3.51. The average molecular weight is 532 g/mol. The zero-order chi connectivity index (χ0) is 27.7. The molecule has 1 rings (SSSR count). The molecule has 10 nitrogen and oxygen atoms in total. The molecule has 3 amide bonds. The lowest BCUT2D eigenvalue weighted by Gasteiger charge is -2.27. The quantitative estimate of drug-likeness (QED) is 0.190. The molecule has 1 aliphatic rings. The van der Waals surface area contributed by atoms with Crippen LogP contribution in [0.15, 0.2) is 0 Å². The van der Waals surface area contributed by atoms with Crippen LogP contribution in [0.3, 0.4) is 0 Å². The second kappa shape index (κ2) is 14.1. The summed E-state index contributed by atoms with van der Waals surface area (Å²) in [6.07, 6.45) is 4.13. The Kier molecular flexibility index (Phi) is 12.5. The van der Waals surface area contributed by atoms with Crippen LogP contribution in [-0.4, -0.2) is 74.3 Å². The zero-order valence-corrected chi connectivity index (χ0v) is 23.6. The van der Waals surface area contributed by atoms with Crippen molar-refractivity contribution in [3.05, 3.63) is 0 Å². The number of carbonyl (C=O) groups excluding carboxylic acids is 4. The lowest BCUT2D eigenvalue weighted by Crippen LogP contribution is -2.58. The molecule has 0 saturated carbocycles. The van der Waals surface area contributed by atoms with Crippen LogP contribution in [0.1, 0.15) is 80.1 Å². The fourth-order valence-corrected chi connectivity index (χ4v) is 4.44. The summed E-state index contributed by atoms with van der Waals surface area (Å²) in [7, 11) is -3.42. The topological polar surface area (TPSA) is 151 Å². The summed E-state index contributed by atoms with van der Waals surface area (Å²) in [6.45, 7) is 11.4. The number of Topliss-reactive ketones (excluding diaryl/α,β-unsaturated/α-hetero) is 1. The minimum Gasteiger partial charge on any atom is -0.361 e. The van der Waals surface area contributed by atoms with Crippen LogP contribution in [0.4, 0.5) is 0 Å². The molecular formula is C25H45N3O7S. The summed E-state index contributed by atoms with van der Waals surface area (Å²) in [4.78, 5) is 51.6. The van der Waals surface area contributed by atoms with E-state index < -0.39 is 45.4 Å². The largest absolute Gasteiger partial charge is 0.361 e. The number of sulfone groups is 1. The van der Waals surface area contributed by atoms with Crippen LogP contribution in [0, 0.1) is 11.8 Å². The summed E-state index contributed by atoms with van der Waals surface area (Å²) in [6, 6.07) is -2.91.